The Labute approximate surface area is 142 Å². The summed E-state index contributed by atoms with van der Waals surface area (Å²) in [5.41, 5.74) is 1.56. The van der Waals surface area contributed by atoms with Crippen LogP contribution in [0.4, 0.5) is 0 Å². The van der Waals surface area contributed by atoms with Gasteiger partial charge in [-0.15, -0.1) is 0 Å². The Kier molecular flexibility index (Phi) is 6.18. The number of hydrogen-bond acceptors (Lipinski definition) is 3. The molecule has 0 unspecified atom stereocenters. The van der Waals surface area contributed by atoms with Crippen molar-refractivity contribution in [1.82, 2.24) is 10.2 Å². The second-order valence-corrected chi connectivity index (χ2v) is 6.07. The summed E-state index contributed by atoms with van der Waals surface area (Å²) < 4.78 is 5.24. The van der Waals surface area contributed by atoms with Gasteiger partial charge in [0.15, 0.2) is 0 Å². The minimum absolute atomic E-state index is 0.0558. The second kappa shape index (κ2) is 8.34. The lowest BCUT2D eigenvalue weighted by atomic mass is 10.1. The molecule has 1 aromatic heterocycles. The van der Waals surface area contributed by atoms with Gasteiger partial charge >= 0.3 is 0 Å². The number of nitrogens with zero attached hydrogens (tertiary/aromatic N) is 1. The van der Waals surface area contributed by atoms with Crippen LogP contribution in [0.25, 0.3) is 0 Å². The second-order valence-electron chi connectivity index (χ2n) is 6.07. The lowest BCUT2D eigenvalue weighted by Gasteiger charge is -2.23. The van der Waals surface area contributed by atoms with Crippen molar-refractivity contribution in [2.45, 2.75) is 39.8 Å². The predicted molar refractivity (Wildman–Crippen MR) is 92.5 cm³/mol. The SMILES string of the molecule is Cc1occc1C(=O)N(CCC(=O)NC(C)C)Cc1ccccc1. The summed E-state index contributed by atoms with van der Waals surface area (Å²) in [6.07, 6.45) is 1.78. The molecule has 0 spiro atoms. The number of aryl methyl sites for hydroxylation is 1. The molecule has 2 rings (SSSR count). The van der Waals surface area contributed by atoms with Crippen molar-refractivity contribution >= 4 is 11.8 Å². The number of carbonyl (C=O) groups excluding carboxylic acids is 2. The molecular weight excluding hydrogens is 304 g/mol. The molecule has 1 N–H and O–H groups in total. The van der Waals surface area contributed by atoms with E-state index in [4.69, 9.17) is 4.42 Å². The normalized spacial score (nSPS) is 10.7. The van der Waals surface area contributed by atoms with E-state index in [0.717, 1.165) is 5.56 Å². The summed E-state index contributed by atoms with van der Waals surface area (Å²) in [5, 5.41) is 2.85. The largest absolute Gasteiger partial charge is 0.469 e. The molecule has 0 atom stereocenters. The highest BCUT2D eigenvalue weighted by Crippen LogP contribution is 2.15. The number of benzene rings is 1. The molecular formula is C19H24N2O3. The van der Waals surface area contributed by atoms with Gasteiger partial charge in [-0.1, -0.05) is 30.3 Å². The summed E-state index contributed by atoms with van der Waals surface area (Å²) in [7, 11) is 0. The first-order valence-electron chi connectivity index (χ1n) is 8.14. The van der Waals surface area contributed by atoms with Crippen molar-refractivity contribution in [1.29, 1.82) is 0 Å². The molecule has 1 heterocycles. The van der Waals surface area contributed by atoms with E-state index in [2.05, 4.69) is 5.32 Å². The van der Waals surface area contributed by atoms with E-state index in [1.807, 2.05) is 44.2 Å². The standard InChI is InChI=1S/C19H24N2O3/c1-14(2)20-18(22)9-11-21(13-16-7-5-4-6-8-16)19(23)17-10-12-24-15(17)3/h4-8,10,12,14H,9,11,13H2,1-3H3,(H,20,22). The topological polar surface area (TPSA) is 62.6 Å². The molecule has 0 fully saturated rings. The Morgan fingerprint density at radius 2 is 1.88 bits per heavy atom. The van der Waals surface area contributed by atoms with Crippen LogP contribution in [0.2, 0.25) is 0 Å². The van der Waals surface area contributed by atoms with Crippen molar-refractivity contribution in [3.8, 4) is 0 Å². The molecule has 0 radical (unpaired) electrons. The molecule has 128 valence electrons. The third-order valence-corrected chi connectivity index (χ3v) is 3.65. The quantitative estimate of drug-likeness (QED) is 0.849. The highest BCUT2D eigenvalue weighted by atomic mass is 16.3. The van der Waals surface area contributed by atoms with E-state index in [0.29, 0.717) is 24.4 Å². The number of hydrogen-bond donors (Lipinski definition) is 1. The third-order valence-electron chi connectivity index (χ3n) is 3.65. The fourth-order valence-corrected chi connectivity index (χ4v) is 2.46. The van der Waals surface area contributed by atoms with Gasteiger partial charge in [0.2, 0.25) is 5.91 Å². The molecule has 1 aromatic carbocycles. The van der Waals surface area contributed by atoms with Crippen molar-refractivity contribution in [3.05, 3.63) is 59.5 Å². The summed E-state index contributed by atoms with van der Waals surface area (Å²) in [5.74, 6) is 0.409. The van der Waals surface area contributed by atoms with Crippen molar-refractivity contribution < 1.29 is 14.0 Å². The highest BCUT2D eigenvalue weighted by Gasteiger charge is 2.20. The minimum atomic E-state index is -0.123. The van der Waals surface area contributed by atoms with Gasteiger partial charge in [-0.2, -0.15) is 0 Å². The van der Waals surface area contributed by atoms with Crippen molar-refractivity contribution in [2.24, 2.45) is 0 Å². The summed E-state index contributed by atoms with van der Waals surface area (Å²) in [6.45, 7) is 6.41. The number of carbonyl (C=O) groups is 2. The van der Waals surface area contributed by atoms with Gasteiger partial charge in [0.25, 0.3) is 5.91 Å². The number of amides is 2. The summed E-state index contributed by atoms with van der Waals surface area (Å²) in [4.78, 5) is 26.4. The molecule has 0 saturated carbocycles. The van der Waals surface area contributed by atoms with Crippen LogP contribution in [0.15, 0.2) is 47.1 Å². The Bertz CT molecular complexity index is 677. The lowest BCUT2D eigenvalue weighted by molar-refractivity contribution is -0.121. The first-order valence-corrected chi connectivity index (χ1v) is 8.14. The van der Waals surface area contributed by atoms with E-state index in [-0.39, 0.29) is 24.3 Å². The van der Waals surface area contributed by atoms with Crippen LogP contribution in [0, 0.1) is 6.92 Å². The van der Waals surface area contributed by atoms with Crippen LogP contribution < -0.4 is 5.32 Å². The molecule has 2 amide bonds. The molecule has 0 aliphatic carbocycles. The average molecular weight is 328 g/mol. The van der Waals surface area contributed by atoms with Gasteiger partial charge in [0.1, 0.15) is 5.76 Å². The van der Waals surface area contributed by atoms with Crippen molar-refractivity contribution in [2.75, 3.05) is 6.54 Å². The zero-order valence-electron chi connectivity index (χ0n) is 14.4. The summed E-state index contributed by atoms with van der Waals surface area (Å²) >= 11 is 0. The fraction of sp³-hybridized carbons (Fsp3) is 0.368. The molecule has 0 bridgehead atoms. The Morgan fingerprint density at radius 1 is 1.17 bits per heavy atom. The Balaban J connectivity index is 2.10. The summed E-state index contributed by atoms with van der Waals surface area (Å²) in [6, 6.07) is 11.5. The molecule has 0 saturated heterocycles. The predicted octanol–water partition coefficient (Wildman–Crippen LogP) is 3.15. The van der Waals surface area contributed by atoms with E-state index in [1.165, 1.54) is 6.26 Å². The van der Waals surface area contributed by atoms with E-state index in [9.17, 15) is 9.59 Å². The maximum absolute atomic E-state index is 12.8. The molecule has 0 aliphatic rings. The smallest absolute Gasteiger partial charge is 0.257 e. The molecule has 5 heteroatoms. The lowest BCUT2D eigenvalue weighted by Crippen LogP contribution is -2.36. The minimum Gasteiger partial charge on any atom is -0.469 e. The van der Waals surface area contributed by atoms with E-state index in [1.54, 1.807) is 17.9 Å². The van der Waals surface area contributed by atoms with Crippen LogP contribution in [-0.4, -0.2) is 29.3 Å². The van der Waals surface area contributed by atoms with Gasteiger partial charge < -0.3 is 14.6 Å². The van der Waals surface area contributed by atoms with E-state index >= 15 is 0 Å². The maximum atomic E-state index is 12.8. The first kappa shape index (κ1) is 17.8. The van der Waals surface area contributed by atoms with Gasteiger partial charge in [-0.25, -0.2) is 0 Å². The zero-order chi connectivity index (χ0) is 17.5. The third kappa shape index (κ3) is 4.98. The van der Waals surface area contributed by atoms with Crippen LogP contribution >= 0.6 is 0 Å². The molecule has 24 heavy (non-hydrogen) atoms. The monoisotopic (exact) mass is 328 g/mol. The highest BCUT2D eigenvalue weighted by molar-refractivity contribution is 5.95. The molecule has 5 nitrogen and oxygen atoms in total. The van der Waals surface area contributed by atoms with Crippen LogP contribution in [0.5, 0.6) is 0 Å². The molecule has 2 aromatic rings. The van der Waals surface area contributed by atoms with Crippen LogP contribution in [-0.2, 0) is 11.3 Å². The number of nitrogens with one attached hydrogen (secondary N) is 1. The van der Waals surface area contributed by atoms with Crippen LogP contribution in [0.1, 0.15) is 41.9 Å². The maximum Gasteiger partial charge on any atom is 0.257 e. The number of furan rings is 1. The first-order chi connectivity index (χ1) is 11.5. The Hall–Kier alpha value is -2.56. The number of rotatable bonds is 7. The molecule has 0 aliphatic heterocycles. The van der Waals surface area contributed by atoms with Gasteiger partial charge in [-0.3, -0.25) is 9.59 Å². The van der Waals surface area contributed by atoms with Crippen molar-refractivity contribution in [3.63, 3.8) is 0 Å². The zero-order valence-corrected chi connectivity index (χ0v) is 14.4. The van der Waals surface area contributed by atoms with Gasteiger partial charge in [0, 0.05) is 25.6 Å². The average Bonchev–Trinajstić information content (AvgIpc) is 2.97. The van der Waals surface area contributed by atoms with Gasteiger partial charge in [-0.05, 0) is 32.4 Å². The van der Waals surface area contributed by atoms with Crippen LogP contribution in [0.3, 0.4) is 0 Å². The van der Waals surface area contributed by atoms with E-state index < -0.39 is 0 Å². The Morgan fingerprint density at radius 3 is 2.46 bits per heavy atom. The van der Waals surface area contributed by atoms with Gasteiger partial charge in [0.05, 0.1) is 11.8 Å². The fourth-order valence-electron chi connectivity index (χ4n) is 2.46.